The van der Waals surface area contributed by atoms with Crippen LogP contribution in [-0.4, -0.2) is 37.6 Å². The lowest BCUT2D eigenvalue weighted by Gasteiger charge is -2.28. The second-order valence-corrected chi connectivity index (χ2v) is 4.35. The summed E-state index contributed by atoms with van der Waals surface area (Å²) in [6, 6.07) is 0. The molecule has 0 saturated carbocycles. The van der Waals surface area contributed by atoms with Crippen LogP contribution < -0.4 is 0 Å². The third-order valence-electron chi connectivity index (χ3n) is 1.45. The summed E-state index contributed by atoms with van der Waals surface area (Å²) in [6.45, 7) is 5.99. The van der Waals surface area contributed by atoms with Crippen LogP contribution in [0, 0.1) is 0 Å². The van der Waals surface area contributed by atoms with Gasteiger partial charge in [-0.1, -0.05) is 0 Å². The van der Waals surface area contributed by atoms with Crippen molar-refractivity contribution in [2.45, 2.75) is 6.92 Å². The summed E-state index contributed by atoms with van der Waals surface area (Å²) in [5.74, 6) is 0. The maximum atomic E-state index is 5.97. The van der Waals surface area contributed by atoms with Crippen LogP contribution in [0.2, 0.25) is 0 Å². The third-order valence-corrected chi connectivity index (χ3v) is 3.70. The molecule has 1 fully saturated rings. The van der Waals surface area contributed by atoms with Gasteiger partial charge in [0, 0.05) is 13.1 Å². The minimum atomic E-state index is -0.873. The Morgan fingerprint density at radius 2 is 2.18 bits per heavy atom. The van der Waals surface area contributed by atoms with E-state index < -0.39 is 7.65 Å². The molecule has 0 aromatic heterocycles. The van der Waals surface area contributed by atoms with Crippen molar-refractivity contribution >= 4 is 18.9 Å². The molecule has 1 heterocycles. The molecule has 1 saturated heterocycles. The average Bonchev–Trinajstić information content (AvgIpc) is 2.07. The summed E-state index contributed by atoms with van der Waals surface area (Å²) in [6.07, 6.45) is 0. The molecule has 11 heavy (non-hydrogen) atoms. The van der Waals surface area contributed by atoms with Gasteiger partial charge in [-0.2, -0.15) is 0 Å². The van der Waals surface area contributed by atoms with Crippen molar-refractivity contribution < 1.29 is 9.26 Å². The van der Waals surface area contributed by atoms with E-state index in [1.165, 1.54) is 0 Å². The van der Waals surface area contributed by atoms with Crippen molar-refractivity contribution in [3.05, 3.63) is 0 Å². The number of hydrogen-bond donors (Lipinski definition) is 0. The van der Waals surface area contributed by atoms with E-state index in [-0.39, 0.29) is 0 Å². The Bertz CT molecular complexity index is 111. The first-order chi connectivity index (χ1) is 5.34. The molecule has 0 aliphatic carbocycles. The van der Waals surface area contributed by atoms with Gasteiger partial charge in [-0.3, -0.25) is 0 Å². The number of halogens is 1. The Hall–Kier alpha value is 0.600. The van der Waals surface area contributed by atoms with Gasteiger partial charge in [0.2, 0.25) is 7.65 Å². The first-order valence-corrected chi connectivity index (χ1v) is 5.87. The van der Waals surface area contributed by atoms with Crippen LogP contribution in [0.25, 0.3) is 0 Å². The van der Waals surface area contributed by atoms with Crippen LogP contribution in [0.3, 0.4) is 0 Å². The van der Waals surface area contributed by atoms with Crippen LogP contribution in [0.1, 0.15) is 6.92 Å². The summed E-state index contributed by atoms with van der Waals surface area (Å²) in [7, 11) is -0.873. The highest BCUT2D eigenvalue weighted by Gasteiger charge is 2.19. The van der Waals surface area contributed by atoms with Crippen molar-refractivity contribution in [3.8, 4) is 0 Å². The minimum absolute atomic E-state index is 0.687. The number of ether oxygens (including phenoxy) is 1. The summed E-state index contributed by atoms with van der Waals surface area (Å²) >= 11 is 5.97. The Morgan fingerprint density at radius 1 is 1.55 bits per heavy atom. The molecule has 0 bridgehead atoms. The van der Waals surface area contributed by atoms with Crippen molar-refractivity contribution in [1.82, 2.24) is 4.67 Å². The zero-order valence-electron chi connectivity index (χ0n) is 6.62. The minimum Gasteiger partial charge on any atom is -0.379 e. The lowest BCUT2D eigenvalue weighted by atomic mass is 10.5. The number of nitrogens with zero attached hydrogens (tertiary/aromatic N) is 1. The van der Waals surface area contributed by atoms with Gasteiger partial charge in [0.05, 0.1) is 19.8 Å². The standard InChI is InChI=1S/C6H13ClNO2P/c1-2-10-11(7)8-3-5-9-6-4-8/h2-6H2,1H3. The molecule has 1 aliphatic rings. The van der Waals surface area contributed by atoms with Crippen LogP contribution in [0.4, 0.5) is 0 Å². The van der Waals surface area contributed by atoms with Crippen molar-refractivity contribution in [2.75, 3.05) is 32.9 Å². The average molecular weight is 198 g/mol. The van der Waals surface area contributed by atoms with E-state index in [4.69, 9.17) is 20.5 Å². The van der Waals surface area contributed by atoms with Crippen LogP contribution >= 0.6 is 18.9 Å². The van der Waals surface area contributed by atoms with Gasteiger partial charge in [-0.05, 0) is 18.2 Å². The first kappa shape index (κ1) is 9.69. The number of rotatable bonds is 3. The van der Waals surface area contributed by atoms with Gasteiger partial charge in [-0.15, -0.1) is 0 Å². The zero-order chi connectivity index (χ0) is 8.10. The summed E-state index contributed by atoms with van der Waals surface area (Å²) in [5.41, 5.74) is 0. The number of hydrogen-bond acceptors (Lipinski definition) is 3. The predicted octanol–water partition coefficient (Wildman–Crippen LogP) is 1.82. The molecule has 0 N–H and O–H groups in total. The Balaban J connectivity index is 2.21. The fourth-order valence-electron chi connectivity index (χ4n) is 0.899. The van der Waals surface area contributed by atoms with Gasteiger partial charge >= 0.3 is 0 Å². The fraction of sp³-hybridized carbons (Fsp3) is 1.00. The molecule has 0 aromatic rings. The highest BCUT2D eigenvalue weighted by Crippen LogP contribution is 2.46. The number of morpholine rings is 1. The maximum absolute atomic E-state index is 5.97. The predicted molar refractivity (Wildman–Crippen MR) is 46.8 cm³/mol. The zero-order valence-corrected chi connectivity index (χ0v) is 8.27. The topological polar surface area (TPSA) is 21.7 Å². The molecule has 0 radical (unpaired) electrons. The van der Waals surface area contributed by atoms with Gasteiger partial charge in [-0.25, -0.2) is 4.67 Å². The second-order valence-electron chi connectivity index (χ2n) is 2.21. The van der Waals surface area contributed by atoms with E-state index in [1.807, 2.05) is 6.92 Å². The lowest BCUT2D eigenvalue weighted by Crippen LogP contribution is -2.31. The van der Waals surface area contributed by atoms with Crippen molar-refractivity contribution in [3.63, 3.8) is 0 Å². The quantitative estimate of drug-likeness (QED) is 0.645. The molecule has 5 heteroatoms. The van der Waals surface area contributed by atoms with Crippen molar-refractivity contribution in [2.24, 2.45) is 0 Å². The summed E-state index contributed by atoms with van der Waals surface area (Å²) in [5, 5.41) is 0. The highest BCUT2D eigenvalue weighted by molar-refractivity contribution is 7.78. The molecule has 0 spiro atoms. The molecule has 0 amide bonds. The molecular formula is C6H13ClNO2P. The monoisotopic (exact) mass is 197 g/mol. The van der Waals surface area contributed by atoms with Crippen molar-refractivity contribution in [1.29, 1.82) is 0 Å². The van der Waals surface area contributed by atoms with Crippen LogP contribution in [0.15, 0.2) is 0 Å². The van der Waals surface area contributed by atoms with E-state index in [0.717, 1.165) is 26.3 Å². The van der Waals surface area contributed by atoms with E-state index in [9.17, 15) is 0 Å². The first-order valence-electron chi connectivity index (χ1n) is 3.76. The van der Waals surface area contributed by atoms with E-state index in [0.29, 0.717) is 6.61 Å². The Kier molecular flexibility index (Phi) is 4.65. The Labute approximate surface area is 73.3 Å². The van der Waals surface area contributed by atoms with E-state index in [1.54, 1.807) is 0 Å². The van der Waals surface area contributed by atoms with E-state index >= 15 is 0 Å². The highest BCUT2D eigenvalue weighted by atomic mass is 35.7. The van der Waals surface area contributed by atoms with Gasteiger partial charge in [0.25, 0.3) is 0 Å². The molecular weight excluding hydrogens is 184 g/mol. The van der Waals surface area contributed by atoms with Crippen LogP contribution in [-0.2, 0) is 9.26 Å². The largest absolute Gasteiger partial charge is 0.379 e. The maximum Gasteiger partial charge on any atom is 0.206 e. The molecule has 1 aliphatic heterocycles. The third kappa shape index (κ3) is 3.22. The summed E-state index contributed by atoms with van der Waals surface area (Å²) in [4.78, 5) is 0. The Morgan fingerprint density at radius 3 is 2.73 bits per heavy atom. The summed E-state index contributed by atoms with van der Waals surface area (Å²) < 4.78 is 12.6. The lowest BCUT2D eigenvalue weighted by molar-refractivity contribution is 0.0711. The normalized spacial score (nSPS) is 23.5. The fourth-order valence-corrected chi connectivity index (χ4v) is 2.50. The molecule has 1 rings (SSSR count). The smallest absolute Gasteiger partial charge is 0.206 e. The van der Waals surface area contributed by atoms with Crippen LogP contribution in [0.5, 0.6) is 0 Å². The van der Waals surface area contributed by atoms with Gasteiger partial charge in [0.15, 0.2) is 0 Å². The van der Waals surface area contributed by atoms with Gasteiger partial charge < -0.3 is 9.26 Å². The molecule has 1 atom stereocenters. The SMILES string of the molecule is CCOP(Cl)N1CCOCC1. The molecule has 66 valence electrons. The second kappa shape index (κ2) is 5.28. The van der Waals surface area contributed by atoms with E-state index in [2.05, 4.69) is 4.67 Å². The van der Waals surface area contributed by atoms with Gasteiger partial charge in [0.1, 0.15) is 0 Å². The molecule has 1 unspecified atom stereocenters. The molecule has 0 aromatic carbocycles. The molecule has 3 nitrogen and oxygen atoms in total.